The van der Waals surface area contributed by atoms with Crippen molar-refractivity contribution in [3.8, 4) is 0 Å². The van der Waals surface area contributed by atoms with E-state index in [1.54, 1.807) is 0 Å². The van der Waals surface area contributed by atoms with E-state index in [4.69, 9.17) is 0 Å². The number of hydrogen-bond donors (Lipinski definition) is 2. The van der Waals surface area contributed by atoms with Crippen LogP contribution >= 0.6 is 0 Å². The van der Waals surface area contributed by atoms with Crippen molar-refractivity contribution in [2.24, 2.45) is 0 Å². The maximum absolute atomic E-state index is 12.8. The van der Waals surface area contributed by atoms with E-state index in [0.29, 0.717) is 25.2 Å². The molecule has 0 saturated carbocycles. The Morgan fingerprint density at radius 2 is 2.15 bits per heavy atom. The van der Waals surface area contributed by atoms with E-state index < -0.39 is 12.0 Å². The molecule has 0 fully saturated rings. The summed E-state index contributed by atoms with van der Waals surface area (Å²) in [4.78, 5) is 37.5. The van der Waals surface area contributed by atoms with Crippen molar-refractivity contribution < 1.29 is 14.7 Å². The topological polar surface area (TPSA) is 104 Å². The average Bonchev–Trinajstić information content (AvgIpc) is 3.22. The second-order valence-electron chi connectivity index (χ2n) is 6.39. The highest BCUT2D eigenvalue weighted by Crippen LogP contribution is 2.28. The molecule has 0 radical (unpaired) electrons. The second kappa shape index (κ2) is 6.29. The van der Waals surface area contributed by atoms with Crippen LogP contribution in [0.2, 0.25) is 0 Å². The van der Waals surface area contributed by atoms with Crippen molar-refractivity contribution in [2.75, 3.05) is 6.54 Å². The van der Waals surface area contributed by atoms with Gasteiger partial charge in [0.15, 0.2) is 6.04 Å². The lowest BCUT2D eigenvalue weighted by Crippen LogP contribution is -2.44. The quantitative estimate of drug-likeness (QED) is 0.742. The first kappa shape index (κ1) is 16.3. The van der Waals surface area contributed by atoms with Crippen LogP contribution in [0.15, 0.2) is 30.6 Å². The number of aryl methyl sites for hydroxylation is 2. The smallest absolute Gasteiger partial charge is 0.332 e. The van der Waals surface area contributed by atoms with E-state index in [0.717, 1.165) is 22.6 Å². The molecule has 0 bridgehead atoms. The van der Waals surface area contributed by atoms with E-state index in [1.807, 2.05) is 35.8 Å². The minimum atomic E-state index is -1.06. The van der Waals surface area contributed by atoms with Crippen LogP contribution in [0.1, 0.15) is 29.7 Å². The van der Waals surface area contributed by atoms with Gasteiger partial charge in [-0.1, -0.05) is 12.1 Å². The number of rotatable bonds is 4. The highest BCUT2D eigenvalue weighted by atomic mass is 16.4. The van der Waals surface area contributed by atoms with Gasteiger partial charge in [-0.05, 0) is 19.1 Å². The number of imidazole rings is 2. The molecule has 1 amide bonds. The first-order valence-corrected chi connectivity index (χ1v) is 8.52. The molecule has 1 aromatic carbocycles. The first-order chi connectivity index (χ1) is 12.6. The molecule has 26 heavy (non-hydrogen) atoms. The van der Waals surface area contributed by atoms with Crippen molar-refractivity contribution in [1.82, 2.24) is 24.4 Å². The normalized spacial score (nSPS) is 16.7. The molecular formula is C18H19N5O3. The lowest BCUT2D eigenvalue weighted by Gasteiger charge is -2.32. The average molecular weight is 353 g/mol. The van der Waals surface area contributed by atoms with Gasteiger partial charge in [-0.3, -0.25) is 4.79 Å². The maximum atomic E-state index is 12.8. The number of hydrogen-bond acceptors (Lipinski definition) is 4. The zero-order valence-corrected chi connectivity index (χ0v) is 14.3. The van der Waals surface area contributed by atoms with Crippen LogP contribution in [-0.2, 0) is 22.6 Å². The third-order valence-corrected chi connectivity index (χ3v) is 4.87. The maximum Gasteiger partial charge on any atom is 0.332 e. The number of carboxylic acids is 1. The molecule has 8 nitrogen and oxygen atoms in total. The van der Waals surface area contributed by atoms with Crippen LogP contribution in [0.3, 0.4) is 0 Å². The number of fused-ring (bicyclic) bond motifs is 2. The highest BCUT2D eigenvalue weighted by molar-refractivity contribution is 5.85. The molecule has 0 unspecified atom stereocenters. The molecule has 3 aromatic rings. The molecule has 1 atom stereocenters. The summed E-state index contributed by atoms with van der Waals surface area (Å²) >= 11 is 0. The van der Waals surface area contributed by atoms with Gasteiger partial charge in [-0.2, -0.15) is 0 Å². The van der Waals surface area contributed by atoms with Crippen molar-refractivity contribution >= 4 is 22.9 Å². The number of carboxylic acid groups (broad SMARTS) is 1. The van der Waals surface area contributed by atoms with E-state index >= 15 is 0 Å². The van der Waals surface area contributed by atoms with Gasteiger partial charge < -0.3 is 19.6 Å². The summed E-state index contributed by atoms with van der Waals surface area (Å²) < 4.78 is 1.99. The third kappa shape index (κ3) is 2.63. The number of para-hydroxylation sites is 2. The fourth-order valence-corrected chi connectivity index (χ4v) is 3.62. The summed E-state index contributed by atoms with van der Waals surface area (Å²) in [6.45, 7) is 2.73. The molecule has 134 valence electrons. The number of aromatic amines is 1. The molecule has 8 heteroatoms. The fraction of sp³-hybridized carbons (Fsp3) is 0.333. The summed E-state index contributed by atoms with van der Waals surface area (Å²) in [6, 6.07) is 6.74. The summed E-state index contributed by atoms with van der Waals surface area (Å²) in [7, 11) is 0. The van der Waals surface area contributed by atoms with E-state index in [2.05, 4.69) is 15.0 Å². The van der Waals surface area contributed by atoms with Crippen molar-refractivity contribution in [2.45, 2.75) is 32.4 Å². The molecule has 2 N–H and O–H groups in total. The number of nitrogens with one attached hydrogen (secondary N) is 1. The number of benzene rings is 1. The predicted molar refractivity (Wildman–Crippen MR) is 93.5 cm³/mol. The lowest BCUT2D eigenvalue weighted by molar-refractivity contribution is -0.151. The van der Waals surface area contributed by atoms with E-state index in [-0.39, 0.29) is 12.3 Å². The number of aliphatic carboxylic acids is 1. The Morgan fingerprint density at radius 1 is 1.35 bits per heavy atom. The van der Waals surface area contributed by atoms with Crippen LogP contribution in [0.4, 0.5) is 0 Å². The molecule has 0 spiro atoms. The van der Waals surface area contributed by atoms with Gasteiger partial charge in [-0.25, -0.2) is 14.8 Å². The van der Waals surface area contributed by atoms with Gasteiger partial charge in [0, 0.05) is 31.6 Å². The largest absolute Gasteiger partial charge is 0.479 e. The fourth-order valence-electron chi connectivity index (χ4n) is 3.62. The molecular weight excluding hydrogens is 334 g/mol. The van der Waals surface area contributed by atoms with E-state index in [1.165, 1.54) is 11.2 Å². The summed E-state index contributed by atoms with van der Waals surface area (Å²) in [5.74, 6) is -0.416. The van der Waals surface area contributed by atoms with Gasteiger partial charge >= 0.3 is 5.97 Å². The van der Waals surface area contributed by atoms with Crippen LogP contribution < -0.4 is 0 Å². The zero-order chi connectivity index (χ0) is 18.3. The predicted octanol–water partition coefficient (Wildman–Crippen LogP) is 1.67. The number of amides is 1. The standard InChI is InChI=1S/C18H19N5O3/c1-11-21-12-4-2-3-5-14(12)22(11)9-7-15(24)23-8-6-13-16(20-10-19-13)17(23)18(25)26/h2-5,10,17H,6-9H2,1H3,(H,19,20)(H,25,26)/t17-/m1/s1. The minimum absolute atomic E-state index is 0.191. The summed E-state index contributed by atoms with van der Waals surface area (Å²) in [5.41, 5.74) is 3.08. The second-order valence-corrected chi connectivity index (χ2v) is 6.39. The number of aromatic nitrogens is 4. The van der Waals surface area contributed by atoms with Gasteiger partial charge in [0.1, 0.15) is 5.82 Å². The number of carbonyl (C=O) groups is 2. The highest BCUT2D eigenvalue weighted by Gasteiger charge is 2.37. The van der Waals surface area contributed by atoms with Crippen molar-refractivity contribution in [3.63, 3.8) is 0 Å². The van der Waals surface area contributed by atoms with E-state index in [9.17, 15) is 14.7 Å². The van der Waals surface area contributed by atoms with Crippen molar-refractivity contribution in [1.29, 1.82) is 0 Å². The monoisotopic (exact) mass is 353 g/mol. The molecule has 1 aliphatic rings. The van der Waals surface area contributed by atoms with Crippen molar-refractivity contribution in [3.05, 3.63) is 47.8 Å². The van der Waals surface area contributed by atoms with Gasteiger partial charge in [0.2, 0.25) is 5.91 Å². The Balaban J connectivity index is 1.54. The summed E-state index contributed by atoms with van der Waals surface area (Å²) in [6.07, 6.45) is 2.28. The zero-order valence-electron chi connectivity index (χ0n) is 14.3. The Kier molecular flexibility index (Phi) is 3.95. The molecule has 3 heterocycles. The Hall–Kier alpha value is -3.16. The van der Waals surface area contributed by atoms with Crippen LogP contribution in [0.5, 0.6) is 0 Å². The number of nitrogens with zero attached hydrogens (tertiary/aromatic N) is 4. The Labute approximate surface area is 149 Å². The molecule has 2 aromatic heterocycles. The van der Waals surface area contributed by atoms with Gasteiger partial charge in [-0.15, -0.1) is 0 Å². The van der Waals surface area contributed by atoms with Crippen LogP contribution in [-0.4, -0.2) is 47.9 Å². The third-order valence-electron chi connectivity index (χ3n) is 4.87. The molecule has 0 saturated heterocycles. The number of H-pyrrole nitrogens is 1. The van der Waals surface area contributed by atoms with Crippen LogP contribution in [0.25, 0.3) is 11.0 Å². The van der Waals surface area contributed by atoms with Gasteiger partial charge in [0.25, 0.3) is 0 Å². The molecule has 4 rings (SSSR count). The SMILES string of the molecule is Cc1nc2ccccc2n1CCC(=O)N1CCc2[nH]cnc2[C@@H]1C(=O)O. The molecule has 0 aliphatic carbocycles. The Morgan fingerprint density at radius 3 is 2.96 bits per heavy atom. The first-order valence-electron chi connectivity index (χ1n) is 8.52. The van der Waals surface area contributed by atoms with Gasteiger partial charge in [0.05, 0.1) is 23.1 Å². The Bertz CT molecular complexity index is 990. The lowest BCUT2D eigenvalue weighted by atomic mass is 10.0. The summed E-state index contributed by atoms with van der Waals surface area (Å²) in [5, 5.41) is 9.60. The molecule has 1 aliphatic heterocycles. The van der Waals surface area contributed by atoms with Crippen LogP contribution in [0, 0.1) is 6.92 Å². The minimum Gasteiger partial charge on any atom is -0.479 e. The number of carbonyl (C=O) groups excluding carboxylic acids is 1.